The molecule has 1 amide bonds. The summed E-state index contributed by atoms with van der Waals surface area (Å²) in [5.41, 5.74) is 2.97. The lowest BCUT2D eigenvalue weighted by molar-refractivity contribution is 0.0963. The van der Waals surface area contributed by atoms with E-state index >= 15 is 0 Å². The Morgan fingerprint density at radius 3 is 2.50 bits per heavy atom. The molecule has 1 fully saturated rings. The molecule has 1 aliphatic heterocycles. The van der Waals surface area contributed by atoms with Gasteiger partial charge >= 0.3 is 0 Å². The molecule has 0 saturated carbocycles. The average molecular weight is 275 g/mol. The van der Waals surface area contributed by atoms with Crippen LogP contribution in [0.3, 0.4) is 0 Å². The van der Waals surface area contributed by atoms with Crippen LogP contribution in [-0.4, -0.2) is 51.1 Å². The lowest BCUT2D eigenvalue weighted by Gasteiger charge is -2.37. The van der Waals surface area contributed by atoms with Crippen molar-refractivity contribution >= 4 is 11.6 Å². The molecule has 0 bridgehead atoms. The second-order valence-electron chi connectivity index (χ2n) is 5.78. The summed E-state index contributed by atoms with van der Waals surface area (Å²) in [7, 11) is 5.97. The fourth-order valence-electron chi connectivity index (χ4n) is 2.87. The Morgan fingerprint density at radius 1 is 1.30 bits per heavy atom. The number of aryl methyl sites for hydroxylation is 1. The molecule has 1 aromatic rings. The van der Waals surface area contributed by atoms with Gasteiger partial charge in [0.05, 0.1) is 5.56 Å². The Balaban J connectivity index is 2.19. The highest BCUT2D eigenvalue weighted by atomic mass is 16.1. The van der Waals surface area contributed by atoms with Gasteiger partial charge in [-0.25, -0.2) is 0 Å². The van der Waals surface area contributed by atoms with Gasteiger partial charge in [-0.2, -0.15) is 0 Å². The smallest absolute Gasteiger partial charge is 0.253 e. The molecule has 1 aliphatic rings. The molecule has 20 heavy (non-hydrogen) atoms. The summed E-state index contributed by atoms with van der Waals surface area (Å²) >= 11 is 0. The van der Waals surface area contributed by atoms with Crippen LogP contribution in [0.4, 0.5) is 5.69 Å². The molecule has 1 saturated heterocycles. The Morgan fingerprint density at radius 2 is 1.95 bits per heavy atom. The lowest BCUT2D eigenvalue weighted by atomic mass is 10.0. The Kier molecular flexibility index (Phi) is 4.65. The summed E-state index contributed by atoms with van der Waals surface area (Å²) in [5.74, 6) is -0.00145. The van der Waals surface area contributed by atoms with Gasteiger partial charge in [-0.15, -0.1) is 0 Å². The van der Waals surface area contributed by atoms with Crippen molar-refractivity contribution in [2.75, 3.05) is 39.1 Å². The number of hydrogen-bond acceptors (Lipinski definition) is 3. The number of amides is 1. The summed E-state index contributed by atoms with van der Waals surface area (Å²) in [6, 6.07) is 6.79. The summed E-state index contributed by atoms with van der Waals surface area (Å²) in [6.07, 6.45) is 2.29. The molecule has 0 spiro atoms. The molecule has 4 nitrogen and oxygen atoms in total. The van der Waals surface area contributed by atoms with Crippen molar-refractivity contribution in [2.45, 2.75) is 25.8 Å². The van der Waals surface area contributed by atoms with Crippen molar-refractivity contribution in [2.24, 2.45) is 0 Å². The Labute approximate surface area is 121 Å². The summed E-state index contributed by atoms with van der Waals surface area (Å²) in [6.45, 7) is 4.04. The molecule has 110 valence electrons. The van der Waals surface area contributed by atoms with Crippen LogP contribution in [0.15, 0.2) is 18.2 Å². The van der Waals surface area contributed by atoms with Crippen LogP contribution in [0, 0.1) is 6.92 Å². The van der Waals surface area contributed by atoms with Gasteiger partial charge in [0.15, 0.2) is 0 Å². The topological polar surface area (TPSA) is 35.6 Å². The highest BCUT2D eigenvalue weighted by molar-refractivity contribution is 5.99. The first-order chi connectivity index (χ1) is 9.52. The van der Waals surface area contributed by atoms with E-state index in [-0.39, 0.29) is 5.91 Å². The average Bonchev–Trinajstić information content (AvgIpc) is 2.46. The van der Waals surface area contributed by atoms with Crippen molar-refractivity contribution in [3.05, 3.63) is 29.3 Å². The second kappa shape index (κ2) is 6.27. The van der Waals surface area contributed by atoms with Crippen molar-refractivity contribution in [1.29, 1.82) is 0 Å². The number of hydrogen-bond donors (Lipinski definition) is 1. The van der Waals surface area contributed by atoms with Crippen LogP contribution in [0.5, 0.6) is 0 Å². The van der Waals surface area contributed by atoms with Gasteiger partial charge in [-0.3, -0.25) is 4.79 Å². The van der Waals surface area contributed by atoms with E-state index in [0.29, 0.717) is 6.04 Å². The van der Waals surface area contributed by atoms with Crippen LogP contribution in [-0.2, 0) is 0 Å². The molecular formula is C16H25N3O. The van der Waals surface area contributed by atoms with Crippen LogP contribution < -0.4 is 10.2 Å². The third-order valence-electron chi connectivity index (χ3n) is 4.16. The lowest BCUT2D eigenvalue weighted by Crippen LogP contribution is -2.42. The molecule has 1 aromatic carbocycles. The van der Waals surface area contributed by atoms with E-state index in [1.54, 1.807) is 7.05 Å². The zero-order chi connectivity index (χ0) is 14.7. The third kappa shape index (κ3) is 3.12. The zero-order valence-corrected chi connectivity index (χ0v) is 12.9. The van der Waals surface area contributed by atoms with E-state index in [9.17, 15) is 4.79 Å². The van der Waals surface area contributed by atoms with Gasteiger partial charge in [-0.1, -0.05) is 11.6 Å². The van der Waals surface area contributed by atoms with Crippen LogP contribution >= 0.6 is 0 Å². The minimum Gasteiger partial charge on any atom is -0.371 e. The standard InChI is InChI=1S/C16H25N3O/c1-12-5-6-15(14(11-12)16(20)17-2)19-9-7-13(8-10-19)18(3)4/h5-6,11,13H,7-10H2,1-4H3,(H,17,20). The number of rotatable bonds is 3. The molecule has 2 rings (SSSR count). The second-order valence-corrected chi connectivity index (χ2v) is 5.78. The predicted octanol–water partition coefficient (Wildman–Crippen LogP) is 1.89. The Hall–Kier alpha value is -1.55. The van der Waals surface area contributed by atoms with E-state index in [1.165, 1.54) is 0 Å². The number of anilines is 1. The van der Waals surface area contributed by atoms with Gasteiger partial charge in [0, 0.05) is 31.9 Å². The maximum atomic E-state index is 12.1. The first kappa shape index (κ1) is 14.9. The SMILES string of the molecule is CNC(=O)c1cc(C)ccc1N1CCC(N(C)C)CC1. The van der Waals surface area contributed by atoms with Gasteiger partial charge < -0.3 is 15.1 Å². The van der Waals surface area contributed by atoms with E-state index < -0.39 is 0 Å². The summed E-state index contributed by atoms with van der Waals surface area (Å²) < 4.78 is 0. The van der Waals surface area contributed by atoms with Crippen molar-refractivity contribution < 1.29 is 4.79 Å². The van der Waals surface area contributed by atoms with Gasteiger partial charge in [0.2, 0.25) is 0 Å². The quantitative estimate of drug-likeness (QED) is 0.915. The Bertz CT molecular complexity index is 477. The minimum atomic E-state index is -0.00145. The number of carbonyl (C=O) groups is 1. The monoisotopic (exact) mass is 275 g/mol. The predicted molar refractivity (Wildman–Crippen MR) is 83.5 cm³/mol. The molecule has 0 unspecified atom stereocenters. The van der Waals surface area contributed by atoms with E-state index in [2.05, 4.69) is 41.3 Å². The van der Waals surface area contributed by atoms with Crippen LogP contribution in [0.25, 0.3) is 0 Å². The summed E-state index contributed by atoms with van der Waals surface area (Å²) in [5, 5.41) is 2.74. The maximum absolute atomic E-state index is 12.1. The number of nitrogens with zero attached hydrogens (tertiary/aromatic N) is 2. The normalized spacial score (nSPS) is 16.6. The highest BCUT2D eigenvalue weighted by Crippen LogP contribution is 2.26. The van der Waals surface area contributed by atoms with E-state index in [4.69, 9.17) is 0 Å². The molecular weight excluding hydrogens is 250 g/mol. The molecule has 0 aliphatic carbocycles. The molecule has 0 radical (unpaired) electrons. The van der Waals surface area contributed by atoms with E-state index in [0.717, 1.165) is 42.7 Å². The van der Waals surface area contributed by atoms with Crippen molar-refractivity contribution in [1.82, 2.24) is 10.2 Å². The van der Waals surface area contributed by atoms with Crippen LogP contribution in [0.2, 0.25) is 0 Å². The minimum absolute atomic E-state index is 0.00145. The fourth-order valence-corrected chi connectivity index (χ4v) is 2.87. The van der Waals surface area contributed by atoms with Crippen molar-refractivity contribution in [3.8, 4) is 0 Å². The molecule has 1 N–H and O–H groups in total. The van der Waals surface area contributed by atoms with Crippen molar-refractivity contribution in [3.63, 3.8) is 0 Å². The van der Waals surface area contributed by atoms with E-state index in [1.807, 2.05) is 13.0 Å². The van der Waals surface area contributed by atoms with Crippen LogP contribution in [0.1, 0.15) is 28.8 Å². The largest absolute Gasteiger partial charge is 0.371 e. The molecule has 0 aromatic heterocycles. The first-order valence-electron chi connectivity index (χ1n) is 7.27. The molecule has 0 atom stereocenters. The molecule has 1 heterocycles. The number of piperidine rings is 1. The number of benzene rings is 1. The number of carbonyl (C=O) groups excluding carboxylic acids is 1. The zero-order valence-electron chi connectivity index (χ0n) is 12.9. The first-order valence-corrected chi connectivity index (χ1v) is 7.27. The summed E-state index contributed by atoms with van der Waals surface area (Å²) in [4.78, 5) is 16.7. The van der Waals surface area contributed by atoms with Gasteiger partial charge in [0.1, 0.15) is 0 Å². The fraction of sp³-hybridized carbons (Fsp3) is 0.562. The van der Waals surface area contributed by atoms with Gasteiger partial charge in [-0.05, 0) is 46.0 Å². The highest BCUT2D eigenvalue weighted by Gasteiger charge is 2.23. The maximum Gasteiger partial charge on any atom is 0.253 e. The number of nitrogens with one attached hydrogen (secondary N) is 1. The van der Waals surface area contributed by atoms with Gasteiger partial charge in [0.25, 0.3) is 5.91 Å². The third-order valence-corrected chi connectivity index (χ3v) is 4.16. The molecule has 4 heteroatoms.